The van der Waals surface area contributed by atoms with E-state index in [-0.39, 0.29) is 12.8 Å². The zero-order valence-corrected chi connectivity index (χ0v) is 20.7. The number of fused-ring (bicyclic) bond motifs is 4. The highest BCUT2D eigenvalue weighted by molar-refractivity contribution is 7.47. The van der Waals surface area contributed by atoms with E-state index in [1.54, 1.807) is 6.92 Å². The molecule has 1 spiro atoms. The number of amides is 5. The quantitative estimate of drug-likeness (QED) is 0.236. The normalized spacial score (nSPS) is 49.3. The van der Waals surface area contributed by atoms with E-state index in [4.69, 9.17) is 23.3 Å². The Kier molecular flexibility index (Phi) is 5.56. The first-order chi connectivity index (χ1) is 17.4. The van der Waals surface area contributed by atoms with Gasteiger partial charge in [-0.25, -0.2) is 14.2 Å². The minimum Gasteiger partial charge on any atom is -0.394 e. The number of nitrogens with one attached hydrogen (secondary N) is 2. The van der Waals surface area contributed by atoms with Crippen LogP contribution in [0, 0.1) is 0 Å². The fraction of sp³-hybridized carbons (Fsp3) is 0.750. The summed E-state index contributed by atoms with van der Waals surface area (Å²) < 4.78 is 40.6. The van der Waals surface area contributed by atoms with E-state index in [1.807, 2.05) is 0 Å². The molecule has 0 saturated carbocycles. The first-order valence-electron chi connectivity index (χ1n) is 11.8. The number of rotatable bonds is 1. The third-order valence-corrected chi connectivity index (χ3v) is 8.78. The van der Waals surface area contributed by atoms with Crippen LogP contribution in [0.4, 0.5) is 9.59 Å². The molecule has 5 amide bonds. The van der Waals surface area contributed by atoms with Crippen molar-refractivity contribution in [2.45, 2.75) is 80.9 Å². The van der Waals surface area contributed by atoms with Crippen molar-refractivity contribution < 1.29 is 57.3 Å². The Hall–Kier alpha value is -2.14. The van der Waals surface area contributed by atoms with E-state index in [0.29, 0.717) is 5.57 Å². The maximum atomic E-state index is 13.3. The summed E-state index contributed by atoms with van der Waals surface area (Å²) >= 11 is 0. The Balaban J connectivity index is 1.44. The fourth-order valence-corrected chi connectivity index (χ4v) is 6.91. The Morgan fingerprint density at radius 1 is 1.16 bits per heavy atom. The molecule has 0 aromatic rings. The highest BCUT2D eigenvalue weighted by Gasteiger charge is 2.75. The largest absolute Gasteiger partial charge is 0.472 e. The summed E-state index contributed by atoms with van der Waals surface area (Å²) in [5.41, 5.74) is -2.71. The van der Waals surface area contributed by atoms with E-state index < -0.39 is 93.2 Å². The van der Waals surface area contributed by atoms with Crippen molar-refractivity contribution >= 4 is 25.8 Å². The van der Waals surface area contributed by atoms with Gasteiger partial charge in [0.05, 0.1) is 19.3 Å². The molecule has 7 rings (SSSR count). The predicted octanol–water partition coefficient (Wildman–Crippen LogP) is -1.58. The molecule has 16 nitrogen and oxygen atoms in total. The molecular formula is C20H27N4O12P. The molecule has 10 atom stereocenters. The topological polar surface area (TPSA) is 206 Å². The van der Waals surface area contributed by atoms with Gasteiger partial charge in [0.2, 0.25) is 0 Å². The Morgan fingerprint density at radius 2 is 1.92 bits per heavy atom. The first kappa shape index (κ1) is 25.2. The molecule has 0 aromatic heterocycles. The smallest absolute Gasteiger partial charge is 0.394 e. The molecular weight excluding hydrogens is 519 g/mol. The van der Waals surface area contributed by atoms with Gasteiger partial charge in [-0.3, -0.25) is 29.0 Å². The van der Waals surface area contributed by atoms with Crippen molar-refractivity contribution in [3.8, 4) is 0 Å². The third-order valence-electron chi connectivity index (χ3n) is 7.77. The molecule has 1 unspecified atom stereocenters. The van der Waals surface area contributed by atoms with Crippen molar-refractivity contribution in [3.63, 3.8) is 0 Å². The molecule has 0 aromatic carbocycles. The molecule has 5 N–H and O–H groups in total. The summed E-state index contributed by atoms with van der Waals surface area (Å²) in [7, 11) is -4.72. The van der Waals surface area contributed by atoms with Gasteiger partial charge in [-0.15, -0.1) is 0 Å². The molecule has 7 heterocycles. The van der Waals surface area contributed by atoms with Crippen LogP contribution in [0.25, 0.3) is 0 Å². The van der Waals surface area contributed by atoms with Crippen LogP contribution in [0.5, 0.6) is 0 Å². The van der Waals surface area contributed by atoms with Crippen LogP contribution >= 0.6 is 7.82 Å². The molecule has 37 heavy (non-hydrogen) atoms. The Labute approximate surface area is 210 Å². The molecule has 204 valence electrons. The Bertz CT molecular complexity index is 1140. The first-order valence-corrected chi connectivity index (χ1v) is 13.3. The summed E-state index contributed by atoms with van der Waals surface area (Å²) in [6, 6.07) is -2.57. The van der Waals surface area contributed by atoms with Crippen LogP contribution in [-0.4, -0.2) is 110 Å². The SMILES string of the molecule is CC1=CN2C(=O)N[C@]13O[C@@]1(C)C(=O)NC(=O)N([C@H]13)[C@H]1C[C@H](O)[C@@H](COP(=O)(O)O[C@H]3C[C@H]2O[C@@H]3CO)O1. The lowest BCUT2D eigenvalue weighted by Gasteiger charge is -2.66. The standard InChI is InChI=1S/C20H27N4O12P/c1-8-5-23-13-4-10(11(6-25)33-13)35-37(30,31)32-7-12-9(26)3-14(34-12)24-15-19(2,16(27)21-17(24)28)36-20(8,15)22-18(23)29/h5,9-15,25-26H,3-4,6-7H2,1-2H3,(H,22,29)(H,30,31)(H,21,27,28)/t9-,10-,11+,12+,13+,14+,15+,19+,20-/m0/s1. The van der Waals surface area contributed by atoms with Crippen molar-refractivity contribution in [1.29, 1.82) is 0 Å². The maximum absolute atomic E-state index is 13.3. The number of carbonyl (C=O) groups is 3. The summed E-state index contributed by atoms with van der Waals surface area (Å²) in [6.45, 7) is 2.00. The van der Waals surface area contributed by atoms with Crippen LogP contribution in [0.2, 0.25) is 0 Å². The van der Waals surface area contributed by atoms with Crippen LogP contribution in [0.15, 0.2) is 11.8 Å². The van der Waals surface area contributed by atoms with E-state index in [1.165, 1.54) is 22.9 Å². The lowest BCUT2D eigenvalue weighted by molar-refractivity contribution is -0.309. The second-order valence-electron chi connectivity index (χ2n) is 10.1. The minimum atomic E-state index is -4.72. The number of carbonyl (C=O) groups excluding carboxylic acids is 3. The summed E-state index contributed by atoms with van der Waals surface area (Å²) in [5.74, 6) is -0.701. The minimum absolute atomic E-state index is 0.0804. The molecule has 7 aliphatic rings. The lowest BCUT2D eigenvalue weighted by Crippen LogP contribution is -2.90. The number of nitrogens with zero attached hydrogens (tertiary/aromatic N) is 2. The molecule has 7 aliphatic heterocycles. The van der Waals surface area contributed by atoms with E-state index in [0.717, 1.165) is 0 Å². The second-order valence-corrected chi connectivity index (χ2v) is 11.5. The second kappa shape index (κ2) is 8.18. The average Bonchev–Trinajstić information content (AvgIpc) is 3.38. The fourth-order valence-electron chi connectivity index (χ4n) is 5.95. The maximum Gasteiger partial charge on any atom is 0.472 e. The molecule has 0 aliphatic carbocycles. The average molecular weight is 546 g/mol. The van der Waals surface area contributed by atoms with Gasteiger partial charge in [0.1, 0.15) is 36.8 Å². The Morgan fingerprint density at radius 3 is 2.65 bits per heavy atom. The number of imide groups is 1. The number of urea groups is 2. The molecule has 5 saturated heterocycles. The third kappa shape index (κ3) is 3.59. The number of hydrogen-bond donors (Lipinski definition) is 5. The number of ether oxygens (including phenoxy) is 3. The number of phosphoric acid groups is 1. The lowest BCUT2D eigenvalue weighted by atomic mass is 9.73. The number of phosphoric ester groups is 1. The van der Waals surface area contributed by atoms with Crippen LogP contribution in [0.3, 0.4) is 0 Å². The summed E-state index contributed by atoms with van der Waals surface area (Å²) in [5, 5.41) is 25.3. The molecule has 0 radical (unpaired) electrons. The monoisotopic (exact) mass is 546 g/mol. The van der Waals surface area contributed by atoms with Gasteiger partial charge in [0, 0.05) is 19.0 Å². The van der Waals surface area contributed by atoms with Crippen molar-refractivity contribution in [3.05, 3.63) is 11.8 Å². The van der Waals surface area contributed by atoms with Crippen molar-refractivity contribution in [1.82, 2.24) is 20.4 Å². The zero-order chi connectivity index (χ0) is 26.5. The highest BCUT2D eigenvalue weighted by atomic mass is 31.2. The van der Waals surface area contributed by atoms with Crippen molar-refractivity contribution in [2.24, 2.45) is 0 Å². The van der Waals surface area contributed by atoms with Gasteiger partial charge in [-0.1, -0.05) is 0 Å². The summed E-state index contributed by atoms with van der Waals surface area (Å²) in [6.07, 6.45) is -5.29. The predicted molar refractivity (Wildman–Crippen MR) is 116 cm³/mol. The molecule has 6 bridgehead atoms. The van der Waals surface area contributed by atoms with Crippen molar-refractivity contribution in [2.75, 3.05) is 13.2 Å². The van der Waals surface area contributed by atoms with Gasteiger partial charge >= 0.3 is 19.9 Å². The van der Waals surface area contributed by atoms with Gasteiger partial charge in [0.15, 0.2) is 11.3 Å². The highest BCUT2D eigenvalue weighted by Crippen LogP contribution is 2.53. The van der Waals surface area contributed by atoms with Gasteiger partial charge in [0.25, 0.3) is 5.91 Å². The van der Waals surface area contributed by atoms with Crippen LogP contribution < -0.4 is 10.6 Å². The van der Waals surface area contributed by atoms with Gasteiger partial charge in [-0.05, 0) is 19.4 Å². The number of aliphatic hydroxyl groups is 2. The van der Waals surface area contributed by atoms with E-state index >= 15 is 0 Å². The summed E-state index contributed by atoms with van der Waals surface area (Å²) in [4.78, 5) is 51.9. The molecule has 5 fully saturated rings. The number of hydrogen-bond acceptors (Lipinski definition) is 11. The van der Waals surface area contributed by atoms with E-state index in [9.17, 15) is 34.1 Å². The van der Waals surface area contributed by atoms with Crippen LogP contribution in [-0.2, 0) is 32.6 Å². The zero-order valence-electron chi connectivity index (χ0n) is 19.8. The van der Waals surface area contributed by atoms with Crippen LogP contribution in [0.1, 0.15) is 26.7 Å². The van der Waals surface area contributed by atoms with Gasteiger partial charge in [-0.2, -0.15) is 0 Å². The van der Waals surface area contributed by atoms with Gasteiger partial charge < -0.3 is 34.6 Å². The molecule has 17 heteroatoms. The van der Waals surface area contributed by atoms with E-state index in [2.05, 4.69) is 10.6 Å². The number of aliphatic hydroxyl groups excluding tert-OH is 2.